The number of carboxylic acids is 1. The van der Waals surface area contributed by atoms with Gasteiger partial charge in [-0.2, -0.15) is 0 Å². The largest absolute Gasteiger partial charge is 0.480 e. The molecule has 0 bridgehead atoms. The van der Waals surface area contributed by atoms with Crippen LogP contribution in [-0.4, -0.2) is 29.2 Å². The first-order valence-corrected chi connectivity index (χ1v) is 6.37. The van der Waals surface area contributed by atoms with Gasteiger partial charge < -0.3 is 10.00 Å². The molecule has 1 unspecified atom stereocenters. The zero-order valence-electron chi connectivity index (χ0n) is 8.98. The molecule has 94 valence electrons. The smallest absolute Gasteiger partial charge is 0.472 e. The average molecular weight is 260 g/mol. The second-order valence-corrected chi connectivity index (χ2v) is 4.66. The zero-order chi connectivity index (χ0) is 12.7. The molecule has 7 heteroatoms. The molecule has 17 heavy (non-hydrogen) atoms. The highest BCUT2D eigenvalue weighted by molar-refractivity contribution is 7.47. The third kappa shape index (κ3) is 6.19. The van der Waals surface area contributed by atoms with Crippen molar-refractivity contribution in [2.45, 2.75) is 6.42 Å². The molecule has 0 saturated carbocycles. The highest BCUT2D eigenvalue weighted by atomic mass is 31.2. The van der Waals surface area contributed by atoms with E-state index in [9.17, 15) is 9.36 Å². The van der Waals surface area contributed by atoms with E-state index in [0.717, 1.165) is 5.56 Å². The van der Waals surface area contributed by atoms with Crippen LogP contribution in [0.15, 0.2) is 30.3 Å². The van der Waals surface area contributed by atoms with Crippen LogP contribution < -0.4 is 0 Å². The van der Waals surface area contributed by atoms with Gasteiger partial charge in [0.2, 0.25) is 0 Å². The predicted molar refractivity (Wildman–Crippen MR) is 59.5 cm³/mol. The minimum absolute atomic E-state index is 0.0165. The summed E-state index contributed by atoms with van der Waals surface area (Å²) in [6.45, 7) is -0.878. The first kappa shape index (κ1) is 13.9. The molecular weight excluding hydrogens is 247 g/mol. The second-order valence-electron chi connectivity index (χ2n) is 3.20. The topological polar surface area (TPSA) is 93.1 Å². The van der Waals surface area contributed by atoms with E-state index in [-0.39, 0.29) is 6.61 Å². The van der Waals surface area contributed by atoms with Crippen LogP contribution in [-0.2, 0) is 24.8 Å². The van der Waals surface area contributed by atoms with Crippen molar-refractivity contribution in [2.24, 2.45) is 0 Å². The molecule has 0 spiro atoms. The van der Waals surface area contributed by atoms with Crippen LogP contribution in [0.25, 0.3) is 0 Å². The van der Waals surface area contributed by atoms with Crippen LogP contribution in [0.2, 0.25) is 0 Å². The first-order valence-electron chi connectivity index (χ1n) is 4.87. The second kappa shape index (κ2) is 6.51. The van der Waals surface area contributed by atoms with Crippen molar-refractivity contribution in [1.29, 1.82) is 0 Å². The molecule has 1 aromatic carbocycles. The lowest BCUT2D eigenvalue weighted by Crippen LogP contribution is -2.07. The molecule has 0 saturated heterocycles. The maximum absolute atomic E-state index is 11.2. The molecule has 0 aliphatic carbocycles. The Morgan fingerprint density at radius 3 is 2.47 bits per heavy atom. The minimum atomic E-state index is -4.26. The number of rotatable bonds is 7. The lowest BCUT2D eigenvalue weighted by molar-refractivity contribution is -0.139. The molecule has 0 heterocycles. The van der Waals surface area contributed by atoms with Crippen LogP contribution in [0.1, 0.15) is 5.56 Å². The van der Waals surface area contributed by atoms with Crippen molar-refractivity contribution in [3.63, 3.8) is 0 Å². The third-order valence-electron chi connectivity index (χ3n) is 1.84. The van der Waals surface area contributed by atoms with Gasteiger partial charge in [0.25, 0.3) is 0 Å². The van der Waals surface area contributed by atoms with Gasteiger partial charge in [0.05, 0.1) is 6.61 Å². The molecule has 6 nitrogen and oxygen atoms in total. The fourth-order valence-corrected chi connectivity index (χ4v) is 1.77. The number of phosphoric acid groups is 1. The van der Waals surface area contributed by atoms with Crippen LogP contribution in [0, 0.1) is 0 Å². The summed E-state index contributed by atoms with van der Waals surface area (Å²) in [5, 5.41) is 8.27. The number of aliphatic carboxylic acids is 1. The molecular formula is C10H13O6P. The molecule has 0 radical (unpaired) electrons. The van der Waals surface area contributed by atoms with E-state index in [1.165, 1.54) is 0 Å². The summed E-state index contributed by atoms with van der Waals surface area (Å²) in [5.41, 5.74) is 0.950. The lowest BCUT2D eigenvalue weighted by Gasteiger charge is -2.10. The summed E-state index contributed by atoms with van der Waals surface area (Å²) in [5.74, 6) is -1.33. The molecule has 0 aliphatic heterocycles. The number of carbonyl (C=O) groups is 1. The molecule has 1 rings (SSSR count). The van der Waals surface area contributed by atoms with Crippen molar-refractivity contribution in [3.8, 4) is 0 Å². The van der Waals surface area contributed by atoms with Gasteiger partial charge in [-0.15, -0.1) is 0 Å². The Labute approximate surface area is 98.4 Å². The van der Waals surface area contributed by atoms with Crippen molar-refractivity contribution < 1.29 is 28.4 Å². The number of phosphoric ester groups is 1. The molecule has 1 aromatic rings. The van der Waals surface area contributed by atoms with E-state index in [2.05, 4.69) is 9.05 Å². The summed E-state index contributed by atoms with van der Waals surface area (Å²) >= 11 is 0. The number of carboxylic acid groups (broad SMARTS) is 1. The third-order valence-corrected chi connectivity index (χ3v) is 2.80. The maximum Gasteiger partial charge on any atom is 0.472 e. The summed E-state index contributed by atoms with van der Waals surface area (Å²) < 4.78 is 20.0. The van der Waals surface area contributed by atoms with Gasteiger partial charge in [-0.25, -0.2) is 9.36 Å². The van der Waals surface area contributed by atoms with Gasteiger partial charge in [0, 0.05) is 0 Å². The van der Waals surface area contributed by atoms with E-state index in [1.807, 2.05) is 30.3 Å². The Bertz CT molecular complexity index is 405. The van der Waals surface area contributed by atoms with Gasteiger partial charge in [0.1, 0.15) is 0 Å². The average Bonchev–Trinajstić information content (AvgIpc) is 2.28. The molecule has 2 N–H and O–H groups in total. The fraction of sp³-hybridized carbons (Fsp3) is 0.300. The lowest BCUT2D eigenvalue weighted by atomic mass is 10.2. The summed E-state index contributed by atoms with van der Waals surface area (Å²) in [6.07, 6.45) is 0.446. The molecule has 0 fully saturated rings. The van der Waals surface area contributed by atoms with Gasteiger partial charge in [-0.05, 0) is 12.0 Å². The van der Waals surface area contributed by atoms with Crippen LogP contribution in [0.3, 0.4) is 0 Å². The molecule has 0 aliphatic rings. The Kier molecular flexibility index (Phi) is 5.31. The molecule has 1 atom stereocenters. The number of benzene rings is 1. The monoisotopic (exact) mass is 260 g/mol. The highest BCUT2D eigenvalue weighted by Crippen LogP contribution is 2.42. The predicted octanol–water partition coefficient (Wildman–Crippen LogP) is 1.45. The molecule has 0 amide bonds. The maximum atomic E-state index is 11.2. The highest BCUT2D eigenvalue weighted by Gasteiger charge is 2.21. The van der Waals surface area contributed by atoms with Crippen molar-refractivity contribution in [1.82, 2.24) is 0 Å². The fourth-order valence-electron chi connectivity index (χ4n) is 1.10. The van der Waals surface area contributed by atoms with E-state index in [0.29, 0.717) is 6.42 Å². The van der Waals surface area contributed by atoms with Gasteiger partial charge in [-0.3, -0.25) is 9.05 Å². The van der Waals surface area contributed by atoms with Crippen LogP contribution in [0.5, 0.6) is 0 Å². The summed E-state index contributed by atoms with van der Waals surface area (Å²) in [7, 11) is -4.26. The Balaban J connectivity index is 2.30. The Hall–Kier alpha value is -1.20. The van der Waals surface area contributed by atoms with Crippen LogP contribution in [0.4, 0.5) is 0 Å². The van der Waals surface area contributed by atoms with Gasteiger partial charge in [0.15, 0.2) is 6.61 Å². The van der Waals surface area contributed by atoms with E-state index in [4.69, 9.17) is 10.00 Å². The van der Waals surface area contributed by atoms with E-state index >= 15 is 0 Å². The SMILES string of the molecule is O=C(O)COP(=O)(O)OCCc1ccccc1. The summed E-state index contributed by atoms with van der Waals surface area (Å²) in [6, 6.07) is 9.24. The first-order chi connectivity index (χ1) is 7.99. The summed E-state index contributed by atoms with van der Waals surface area (Å²) in [4.78, 5) is 19.2. The minimum Gasteiger partial charge on any atom is -0.480 e. The van der Waals surface area contributed by atoms with Crippen molar-refractivity contribution in [2.75, 3.05) is 13.2 Å². The normalized spacial score (nSPS) is 14.2. The Morgan fingerprint density at radius 2 is 1.88 bits per heavy atom. The van der Waals surface area contributed by atoms with Crippen molar-refractivity contribution >= 4 is 13.8 Å². The standard InChI is InChI=1S/C10H13O6P/c11-10(12)8-16-17(13,14)15-7-6-9-4-2-1-3-5-9/h1-5H,6-8H2,(H,11,12)(H,13,14). The zero-order valence-corrected chi connectivity index (χ0v) is 9.88. The quantitative estimate of drug-likeness (QED) is 0.721. The van der Waals surface area contributed by atoms with Gasteiger partial charge in [-0.1, -0.05) is 30.3 Å². The van der Waals surface area contributed by atoms with E-state index in [1.54, 1.807) is 0 Å². The Morgan fingerprint density at radius 1 is 1.24 bits per heavy atom. The number of hydrogen-bond donors (Lipinski definition) is 2. The number of hydrogen-bond acceptors (Lipinski definition) is 4. The van der Waals surface area contributed by atoms with Crippen LogP contribution >= 0.6 is 7.82 Å². The van der Waals surface area contributed by atoms with E-state index < -0.39 is 20.4 Å². The van der Waals surface area contributed by atoms with Gasteiger partial charge >= 0.3 is 13.8 Å². The van der Waals surface area contributed by atoms with Crippen molar-refractivity contribution in [3.05, 3.63) is 35.9 Å². The molecule has 0 aromatic heterocycles.